The van der Waals surface area contributed by atoms with Crippen molar-refractivity contribution in [1.82, 2.24) is 5.16 Å². The van der Waals surface area contributed by atoms with Gasteiger partial charge in [0.1, 0.15) is 17.2 Å². The Kier molecular flexibility index (Phi) is 4.97. The summed E-state index contributed by atoms with van der Waals surface area (Å²) in [7, 11) is 3.08. The fraction of sp³-hybridized carbons (Fsp3) is 0.333. The molecule has 0 unspecified atom stereocenters. The second-order valence-corrected chi connectivity index (χ2v) is 6.40. The van der Waals surface area contributed by atoms with Crippen LogP contribution in [0.15, 0.2) is 27.6 Å². The van der Waals surface area contributed by atoms with E-state index in [1.54, 1.807) is 26.0 Å². The molecule has 0 bridgehead atoms. The third kappa shape index (κ3) is 3.36. The number of benzene rings is 1. The number of hydrogen-bond donors (Lipinski definition) is 1. The highest BCUT2D eigenvalue weighted by Crippen LogP contribution is 2.42. The zero-order valence-electron chi connectivity index (χ0n) is 12.7. The van der Waals surface area contributed by atoms with E-state index in [0.717, 1.165) is 4.90 Å². The number of hydrogen-bond acceptors (Lipinski definition) is 6. The fourth-order valence-electron chi connectivity index (χ4n) is 1.97. The molecule has 0 spiro atoms. The molecule has 0 radical (unpaired) electrons. The van der Waals surface area contributed by atoms with E-state index in [4.69, 9.17) is 19.1 Å². The van der Waals surface area contributed by atoms with E-state index >= 15 is 0 Å². The van der Waals surface area contributed by atoms with E-state index in [1.807, 2.05) is 12.1 Å². The number of aromatic carboxylic acids is 1. The predicted molar refractivity (Wildman–Crippen MR) is 83.0 cm³/mol. The van der Waals surface area contributed by atoms with Crippen LogP contribution in [0, 0.1) is 0 Å². The van der Waals surface area contributed by atoms with Gasteiger partial charge in [0.05, 0.1) is 19.8 Å². The van der Waals surface area contributed by atoms with Crippen LogP contribution in [0.4, 0.5) is 0 Å². The smallest absolute Gasteiger partial charge is 0.374 e. The molecule has 1 aromatic heterocycles. The molecule has 0 aliphatic rings. The number of aromatic nitrogens is 1. The zero-order chi connectivity index (χ0) is 16.3. The Morgan fingerprint density at radius 2 is 1.82 bits per heavy atom. The summed E-state index contributed by atoms with van der Waals surface area (Å²) in [5.41, 5.74) is 0.918. The average molecular weight is 323 g/mol. The minimum absolute atomic E-state index is 0.236. The molecule has 0 fully saturated rings. The molecule has 0 aliphatic carbocycles. The highest BCUT2D eigenvalue weighted by molar-refractivity contribution is 7.99. The Balaban J connectivity index is 2.55. The average Bonchev–Trinajstić information content (AvgIpc) is 2.95. The number of carbonyl (C=O) groups is 1. The van der Waals surface area contributed by atoms with Gasteiger partial charge in [0, 0.05) is 16.2 Å². The quantitative estimate of drug-likeness (QED) is 0.814. The van der Waals surface area contributed by atoms with Gasteiger partial charge in [0.15, 0.2) is 0 Å². The Morgan fingerprint density at radius 1 is 1.23 bits per heavy atom. The molecular formula is C15H17NO5S. The lowest BCUT2D eigenvalue weighted by molar-refractivity contribution is 0.0652. The molecule has 2 aromatic rings. The zero-order valence-corrected chi connectivity index (χ0v) is 13.6. The first kappa shape index (κ1) is 16.2. The van der Waals surface area contributed by atoms with Crippen molar-refractivity contribution in [3.63, 3.8) is 0 Å². The van der Waals surface area contributed by atoms with Crippen LogP contribution in [0.25, 0.3) is 11.3 Å². The Morgan fingerprint density at radius 3 is 2.23 bits per heavy atom. The van der Waals surface area contributed by atoms with Gasteiger partial charge in [-0.1, -0.05) is 19.0 Å². The third-order valence-electron chi connectivity index (χ3n) is 2.83. The summed E-state index contributed by atoms with van der Waals surface area (Å²) in [4.78, 5) is 11.9. The number of rotatable bonds is 6. The number of carboxylic acid groups (broad SMARTS) is 1. The van der Waals surface area contributed by atoms with E-state index in [0.29, 0.717) is 28.0 Å². The molecular weight excluding hydrogens is 306 g/mol. The molecule has 1 heterocycles. The van der Waals surface area contributed by atoms with Crippen LogP contribution in [0.5, 0.6) is 11.5 Å². The summed E-state index contributed by atoms with van der Waals surface area (Å²) >= 11 is 1.67. The molecule has 2 rings (SSSR count). The molecule has 1 N–H and O–H groups in total. The molecule has 1 aromatic carbocycles. The number of methoxy groups -OCH3 is 2. The molecule has 6 nitrogen and oxygen atoms in total. The Labute approximate surface area is 132 Å². The van der Waals surface area contributed by atoms with E-state index < -0.39 is 5.97 Å². The van der Waals surface area contributed by atoms with E-state index in [-0.39, 0.29) is 5.76 Å². The van der Waals surface area contributed by atoms with Gasteiger partial charge >= 0.3 is 5.97 Å². The Bertz CT molecular complexity index is 655. The number of thioether (sulfide) groups is 1. The van der Waals surface area contributed by atoms with Crippen molar-refractivity contribution in [1.29, 1.82) is 0 Å². The molecule has 22 heavy (non-hydrogen) atoms. The van der Waals surface area contributed by atoms with Gasteiger partial charge in [0.2, 0.25) is 5.76 Å². The van der Waals surface area contributed by atoms with Crippen molar-refractivity contribution < 1.29 is 23.9 Å². The van der Waals surface area contributed by atoms with E-state index in [9.17, 15) is 4.79 Å². The monoisotopic (exact) mass is 323 g/mol. The van der Waals surface area contributed by atoms with Gasteiger partial charge in [-0.2, -0.15) is 0 Å². The maximum absolute atomic E-state index is 10.9. The fourth-order valence-corrected chi connectivity index (χ4v) is 2.87. The van der Waals surface area contributed by atoms with Gasteiger partial charge in [0.25, 0.3) is 0 Å². The lowest BCUT2D eigenvalue weighted by Gasteiger charge is -2.14. The van der Waals surface area contributed by atoms with Crippen LogP contribution in [0.2, 0.25) is 0 Å². The van der Waals surface area contributed by atoms with Crippen LogP contribution >= 0.6 is 11.8 Å². The minimum atomic E-state index is -1.18. The first-order valence-corrected chi connectivity index (χ1v) is 7.47. The van der Waals surface area contributed by atoms with Crippen molar-refractivity contribution in [3.05, 3.63) is 24.0 Å². The van der Waals surface area contributed by atoms with Gasteiger partial charge in [-0.15, -0.1) is 11.8 Å². The number of nitrogens with zero attached hydrogens (tertiary/aromatic N) is 1. The van der Waals surface area contributed by atoms with Crippen molar-refractivity contribution in [2.24, 2.45) is 0 Å². The summed E-state index contributed by atoms with van der Waals surface area (Å²) in [5.74, 6) is -0.316. The van der Waals surface area contributed by atoms with E-state index in [2.05, 4.69) is 19.0 Å². The Hall–Kier alpha value is -2.15. The van der Waals surface area contributed by atoms with Crippen LogP contribution < -0.4 is 9.47 Å². The molecule has 7 heteroatoms. The van der Waals surface area contributed by atoms with Crippen molar-refractivity contribution in [2.75, 3.05) is 14.2 Å². The third-order valence-corrected chi connectivity index (χ3v) is 3.81. The van der Waals surface area contributed by atoms with Crippen LogP contribution in [0.1, 0.15) is 24.4 Å². The lowest BCUT2D eigenvalue weighted by atomic mass is 10.1. The lowest BCUT2D eigenvalue weighted by Crippen LogP contribution is -1.96. The first-order valence-electron chi connectivity index (χ1n) is 6.59. The summed E-state index contributed by atoms with van der Waals surface area (Å²) in [5, 5.41) is 13.1. The van der Waals surface area contributed by atoms with Gasteiger partial charge in [-0.25, -0.2) is 4.79 Å². The molecule has 0 saturated carbocycles. The topological polar surface area (TPSA) is 81.8 Å². The standard InChI is InChI=1S/C15H17NO5S/c1-8(2)22-9-5-11(19-3)14(12(6-9)20-4)10-7-13(15(17)18)21-16-10/h5-8H,1-4H3,(H,17,18). The SMILES string of the molecule is COc1cc(SC(C)C)cc(OC)c1-c1cc(C(=O)O)on1. The molecule has 0 amide bonds. The van der Waals surface area contributed by atoms with Gasteiger partial charge < -0.3 is 19.1 Å². The predicted octanol–water partition coefficient (Wildman–Crippen LogP) is 3.56. The van der Waals surface area contributed by atoms with Crippen molar-refractivity contribution in [2.45, 2.75) is 24.0 Å². The summed E-state index contributed by atoms with van der Waals surface area (Å²) in [6.45, 7) is 4.18. The highest BCUT2D eigenvalue weighted by atomic mass is 32.2. The van der Waals surface area contributed by atoms with Crippen LogP contribution in [-0.4, -0.2) is 35.7 Å². The van der Waals surface area contributed by atoms with Crippen molar-refractivity contribution in [3.8, 4) is 22.8 Å². The minimum Gasteiger partial charge on any atom is -0.496 e. The summed E-state index contributed by atoms with van der Waals surface area (Å²) in [6, 6.07) is 5.09. The second kappa shape index (κ2) is 6.74. The maximum Gasteiger partial charge on any atom is 0.374 e. The van der Waals surface area contributed by atoms with Crippen molar-refractivity contribution >= 4 is 17.7 Å². The van der Waals surface area contributed by atoms with Crippen LogP contribution in [0.3, 0.4) is 0 Å². The summed E-state index contributed by atoms with van der Waals surface area (Å²) < 4.78 is 15.6. The van der Waals surface area contributed by atoms with Crippen LogP contribution in [-0.2, 0) is 0 Å². The summed E-state index contributed by atoms with van der Waals surface area (Å²) in [6.07, 6.45) is 0. The number of ether oxygens (including phenoxy) is 2. The largest absolute Gasteiger partial charge is 0.496 e. The van der Waals surface area contributed by atoms with Gasteiger partial charge in [-0.05, 0) is 12.1 Å². The maximum atomic E-state index is 10.9. The second-order valence-electron chi connectivity index (χ2n) is 4.75. The molecule has 0 aliphatic heterocycles. The molecule has 118 valence electrons. The first-order chi connectivity index (χ1) is 10.5. The van der Waals surface area contributed by atoms with Gasteiger partial charge in [-0.3, -0.25) is 0 Å². The normalized spacial score (nSPS) is 10.8. The number of carboxylic acids is 1. The molecule has 0 atom stereocenters. The molecule has 0 saturated heterocycles. The highest BCUT2D eigenvalue weighted by Gasteiger charge is 2.21. The van der Waals surface area contributed by atoms with E-state index in [1.165, 1.54) is 6.07 Å².